The van der Waals surface area contributed by atoms with Gasteiger partial charge in [0, 0.05) is 6.42 Å². The molecule has 0 aromatic heterocycles. The highest BCUT2D eigenvalue weighted by atomic mass is 32.2. The van der Waals surface area contributed by atoms with Crippen LogP contribution in [-0.4, -0.2) is 40.2 Å². The van der Waals surface area contributed by atoms with E-state index in [1.54, 1.807) is 6.08 Å². The number of thioether (sulfide) groups is 1. The highest BCUT2D eigenvalue weighted by Crippen LogP contribution is 2.30. The summed E-state index contributed by atoms with van der Waals surface area (Å²) in [6, 6.07) is 13.5. The molecular weight excluding hydrogens is 448 g/mol. The first-order chi connectivity index (χ1) is 16.3. The highest BCUT2D eigenvalue weighted by molar-refractivity contribution is 8.26. The third-order valence-corrected chi connectivity index (χ3v) is 6.15. The van der Waals surface area contributed by atoms with Gasteiger partial charge in [-0.15, -0.1) is 0 Å². The summed E-state index contributed by atoms with van der Waals surface area (Å²) in [4.78, 5) is 16.7. The van der Waals surface area contributed by atoms with Gasteiger partial charge in [0.05, 0.1) is 5.57 Å². The molecule has 0 radical (unpaired) electrons. The largest absolute Gasteiger partial charge is 0.490 e. The number of carbonyl (C=O) groups is 1. The predicted octanol–water partition coefficient (Wildman–Crippen LogP) is 5.43. The van der Waals surface area contributed by atoms with Crippen LogP contribution in [0.3, 0.4) is 0 Å². The summed E-state index contributed by atoms with van der Waals surface area (Å²) in [5, 5.41) is 15.7. The number of hydrazone groups is 1. The molecule has 0 fully saturated rings. The number of fused-ring (bicyclic) bond motifs is 1. The van der Waals surface area contributed by atoms with E-state index in [-0.39, 0.29) is 11.4 Å². The highest BCUT2D eigenvalue weighted by Gasteiger charge is 2.35. The van der Waals surface area contributed by atoms with Crippen molar-refractivity contribution in [2.45, 2.75) is 34.1 Å². The molecule has 0 bridgehead atoms. The Kier molecular flexibility index (Phi) is 7.17. The van der Waals surface area contributed by atoms with E-state index in [1.807, 2.05) is 50.2 Å². The van der Waals surface area contributed by atoms with Crippen molar-refractivity contribution in [2.75, 3.05) is 13.2 Å². The number of aryl methyl sites for hydroxylation is 2. The zero-order valence-corrected chi connectivity index (χ0v) is 20.6. The van der Waals surface area contributed by atoms with Gasteiger partial charge in [0.1, 0.15) is 29.8 Å². The third kappa shape index (κ3) is 5.56. The molecule has 0 unspecified atom stereocenters. The summed E-state index contributed by atoms with van der Waals surface area (Å²) in [5.74, 6) is 1.63. The molecule has 34 heavy (non-hydrogen) atoms. The SMILES string of the molecule is Cc1ccc(C)c(OCCOc2ccc(C=C3C(=N)N4N=C(CC(C)C)SC4=NC3=O)cc2)c1. The zero-order chi connectivity index (χ0) is 24.2. The summed E-state index contributed by atoms with van der Waals surface area (Å²) in [6.45, 7) is 9.12. The number of carbonyl (C=O) groups excluding carboxylic acids is 1. The van der Waals surface area contributed by atoms with Gasteiger partial charge in [0.15, 0.2) is 5.84 Å². The second-order valence-corrected chi connectivity index (χ2v) is 9.69. The fourth-order valence-corrected chi connectivity index (χ4v) is 4.56. The molecule has 0 atom stereocenters. The second kappa shape index (κ2) is 10.3. The number of hydrogen-bond acceptors (Lipinski definition) is 6. The van der Waals surface area contributed by atoms with Crippen molar-refractivity contribution < 1.29 is 14.3 Å². The molecule has 4 rings (SSSR count). The van der Waals surface area contributed by atoms with Gasteiger partial charge < -0.3 is 9.47 Å². The Morgan fingerprint density at radius 2 is 1.82 bits per heavy atom. The number of aliphatic imine (C=N–C) groups is 1. The number of amidine groups is 2. The van der Waals surface area contributed by atoms with Crippen molar-refractivity contribution in [3.05, 3.63) is 64.7 Å². The van der Waals surface area contributed by atoms with Crippen LogP contribution in [0.25, 0.3) is 6.08 Å². The van der Waals surface area contributed by atoms with Gasteiger partial charge in [-0.25, -0.2) is 0 Å². The fourth-order valence-electron chi connectivity index (χ4n) is 3.46. The molecule has 2 aliphatic rings. The number of benzene rings is 2. The van der Waals surface area contributed by atoms with E-state index < -0.39 is 5.91 Å². The Balaban J connectivity index is 1.36. The lowest BCUT2D eigenvalue weighted by atomic mass is 10.1. The second-order valence-electron chi connectivity index (χ2n) is 8.65. The lowest BCUT2D eigenvalue weighted by Crippen LogP contribution is -2.35. The number of amides is 1. The standard InChI is InChI=1S/C26H28N4O3S/c1-16(2)13-23-29-30-24(27)21(25(31)28-26(30)34-23)15-19-7-9-20(10-8-19)32-11-12-33-22-14-17(3)5-6-18(22)4/h5-10,14-16,27H,11-13H2,1-4H3. The summed E-state index contributed by atoms with van der Waals surface area (Å²) in [5.41, 5.74) is 3.25. The van der Waals surface area contributed by atoms with E-state index >= 15 is 0 Å². The van der Waals surface area contributed by atoms with Crippen LogP contribution in [0.1, 0.15) is 37.0 Å². The van der Waals surface area contributed by atoms with Crippen LogP contribution in [0.5, 0.6) is 11.5 Å². The molecule has 2 aliphatic heterocycles. The van der Waals surface area contributed by atoms with Gasteiger partial charge in [-0.3, -0.25) is 10.2 Å². The zero-order valence-electron chi connectivity index (χ0n) is 19.8. The Bertz CT molecular complexity index is 1200. The van der Waals surface area contributed by atoms with Crippen LogP contribution in [0.4, 0.5) is 0 Å². The molecule has 1 N–H and O–H groups in total. The molecule has 2 aromatic carbocycles. The Morgan fingerprint density at radius 3 is 2.56 bits per heavy atom. The molecule has 1 amide bonds. The Hall–Kier alpha value is -3.39. The molecule has 2 heterocycles. The lowest BCUT2D eigenvalue weighted by molar-refractivity contribution is -0.114. The van der Waals surface area contributed by atoms with E-state index in [2.05, 4.69) is 30.0 Å². The van der Waals surface area contributed by atoms with Crippen LogP contribution in [0.2, 0.25) is 0 Å². The van der Waals surface area contributed by atoms with Crippen molar-refractivity contribution in [3.8, 4) is 11.5 Å². The number of nitrogens with zero attached hydrogens (tertiary/aromatic N) is 3. The first-order valence-corrected chi connectivity index (χ1v) is 12.0. The maximum atomic E-state index is 12.6. The van der Waals surface area contributed by atoms with Gasteiger partial charge in [-0.1, -0.05) is 38.1 Å². The number of nitrogens with one attached hydrogen (secondary N) is 1. The van der Waals surface area contributed by atoms with E-state index in [1.165, 1.54) is 16.8 Å². The molecule has 0 saturated carbocycles. The maximum absolute atomic E-state index is 12.6. The van der Waals surface area contributed by atoms with Gasteiger partial charge in [-0.05, 0) is 72.5 Å². The van der Waals surface area contributed by atoms with Gasteiger partial charge >= 0.3 is 0 Å². The summed E-state index contributed by atoms with van der Waals surface area (Å²) in [7, 11) is 0. The molecule has 8 heteroatoms. The minimum atomic E-state index is -0.423. The average Bonchev–Trinajstić information content (AvgIpc) is 3.19. The van der Waals surface area contributed by atoms with Gasteiger partial charge in [0.2, 0.25) is 5.17 Å². The molecule has 0 spiro atoms. The van der Waals surface area contributed by atoms with Gasteiger partial charge in [0.25, 0.3) is 5.91 Å². The van der Waals surface area contributed by atoms with Crippen molar-refractivity contribution in [3.63, 3.8) is 0 Å². The van der Waals surface area contributed by atoms with E-state index in [4.69, 9.17) is 14.9 Å². The first-order valence-electron chi connectivity index (χ1n) is 11.2. The van der Waals surface area contributed by atoms with E-state index in [0.717, 1.165) is 33.9 Å². The average molecular weight is 477 g/mol. The van der Waals surface area contributed by atoms with Gasteiger partial charge in [-0.2, -0.15) is 15.1 Å². The smallest absolute Gasteiger partial charge is 0.283 e. The first kappa shape index (κ1) is 23.8. The van der Waals surface area contributed by atoms with Crippen LogP contribution in [0, 0.1) is 25.2 Å². The molecule has 0 saturated heterocycles. The predicted molar refractivity (Wildman–Crippen MR) is 138 cm³/mol. The topological polar surface area (TPSA) is 87.3 Å². The lowest BCUT2D eigenvalue weighted by Gasteiger charge is -2.20. The number of hydrogen-bond donors (Lipinski definition) is 1. The number of ether oxygens (including phenoxy) is 2. The summed E-state index contributed by atoms with van der Waals surface area (Å²) < 4.78 is 11.6. The monoisotopic (exact) mass is 476 g/mol. The molecule has 7 nitrogen and oxygen atoms in total. The maximum Gasteiger partial charge on any atom is 0.283 e. The summed E-state index contributed by atoms with van der Waals surface area (Å²) in [6.07, 6.45) is 2.46. The van der Waals surface area contributed by atoms with E-state index in [9.17, 15) is 4.79 Å². The van der Waals surface area contributed by atoms with Crippen LogP contribution in [0.15, 0.2) is 58.1 Å². The minimum absolute atomic E-state index is 0.0465. The Labute approximate surface area is 204 Å². The number of rotatable bonds is 8. The summed E-state index contributed by atoms with van der Waals surface area (Å²) >= 11 is 1.36. The molecular formula is C26H28N4O3S. The van der Waals surface area contributed by atoms with Crippen LogP contribution < -0.4 is 9.47 Å². The third-order valence-electron chi connectivity index (χ3n) is 5.22. The van der Waals surface area contributed by atoms with Crippen molar-refractivity contribution in [1.82, 2.24) is 5.01 Å². The Morgan fingerprint density at radius 1 is 1.09 bits per heavy atom. The molecule has 176 valence electrons. The molecule has 2 aromatic rings. The minimum Gasteiger partial charge on any atom is -0.490 e. The van der Waals surface area contributed by atoms with Crippen molar-refractivity contribution >= 4 is 39.8 Å². The fraction of sp³-hybridized carbons (Fsp3) is 0.308. The van der Waals surface area contributed by atoms with E-state index in [0.29, 0.717) is 30.0 Å². The normalized spacial score (nSPS) is 16.6. The van der Waals surface area contributed by atoms with Crippen molar-refractivity contribution in [1.29, 1.82) is 5.41 Å². The molecule has 0 aliphatic carbocycles. The van der Waals surface area contributed by atoms with Crippen LogP contribution >= 0.6 is 11.8 Å². The quantitative estimate of drug-likeness (QED) is 0.406. The van der Waals surface area contributed by atoms with Crippen molar-refractivity contribution in [2.24, 2.45) is 16.0 Å². The van der Waals surface area contributed by atoms with Crippen LogP contribution in [-0.2, 0) is 4.79 Å².